The number of rotatable bonds is 3. The number of hydrogen-bond donors (Lipinski definition) is 2. The van der Waals surface area contributed by atoms with Crippen molar-refractivity contribution in [2.75, 3.05) is 24.6 Å². The van der Waals surface area contributed by atoms with E-state index >= 15 is 0 Å². The number of carboxylic acid groups (broad SMARTS) is 1. The lowest BCUT2D eigenvalue weighted by Gasteiger charge is -2.17. The monoisotopic (exact) mass is 256 g/mol. The van der Waals surface area contributed by atoms with Gasteiger partial charge in [0.15, 0.2) is 5.69 Å². The third kappa shape index (κ3) is 2.50. The minimum absolute atomic E-state index is 0.128. The molecule has 1 aromatic heterocycles. The van der Waals surface area contributed by atoms with Crippen LogP contribution in [0.15, 0.2) is 12.1 Å². The largest absolute Gasteiger partial charge is 0.476 e. The Bertz CT molecular complexity index is 439. The molecule has 0 radical (unpaired) electrons. The molecule has 0 bridgehead atoms. The Morgan fingerprint density at radius 3 is 2.94 bits per heavy atom. The molecule has 6 heteroatoms. The number of carboxylic acids is 1. The lowest BCUT2D eigenvalue weighted by Crippen LogP contribution is -2.22. The Hall–Kier alpha value is -1.33. The van der Waals surface area contributed by atoms with Crippen LogP contribution in [0.4, 0.5) is 5.82 Å². The Labute approximate surface area is 104 Å². The molecule has 0 saturated carbocycles. The van der Waals surface area contributed by atoms with Crippen LogP contribution in [0, 0.1) is 5.92 Å². The lowest BCUT2D eigenvalue weighted by atomic mass is 10.1. The Kier molecular flexibility index (Phi) is 3.49. The summed E-state index contributed by atoms with van der Waals surface area (Å²) >= 11 is 5.75. The molecule has 1 fully saturated rings. The maximum absolute atomic E-state index is 10.9. The van der Waals surface area contributed by atoms with Crippen molar-refractivity contribution in [2.45, 2.75) is 6.42 Å². The van der Waals surface area contributed by atoms with Crippen LogP contribution in [-0.4, -0.2) is 40.9 Å². The molecule has 1 atom stereocenters. The number of carbonyl (C=O) groups is 1. The summed E-state index contributed by atoms with van der Waals surface area (Å²) in [5.74, 6) is -0.293. The van der Waals surface area contributed by atoms with Crippen molar-refractivity contribution in [2.24, 2.45) is 5.92 Å². The molecule has 1 aliphatic rings. The van der Waals surface area contributed by atoms with E-state index in [1.165, 1.54) is 0 Å². The molecular formula is C11H13ClN2O3. The average Bonchev–Trinajstić information content (AvgIpc) is 2.78. The fraction of sp³-hybridized carbons (Fsp3) is 0.455. The van der Waals surface area contributed by atoms with Crippen molar-refractivity contribution in [3.05, 3.63) is 22.8 Å². The van der Waals surface area contributed by atoms with E-state index in [-0.39, 0.29) is 23.2 Å². The summed E-state index contributed by atoms with van der Waals surface area (Å²) in [5.41, 5.74) is -0.128. The van der Waals surface area contributed by atoms with Gasteiger partial charge in [0, 0.05) is 25.6 Å². The quantitative estimate of drug-likeness (QED) is 0.852. The average molecular weight is 257 g/mol. The zero-order valence-electron chi connectivity index (χ0n) is 9.14. The molecule has 1 unspecified atom stereocenters. The maximum atomic E-state index is 10.9. The van der Waals surface area contributed by atoms with Gasteiger partial charge < -0.3 is 15.1 Å². The molecule has 5 nitrogen and oxygen atoms in total. The van der Waals surface area contributed by atoms with E-state index in [0.717, 1.165) is 13.0 Å². The summed E-state index contributed by atoms with van der Waals surface area (Å²) in [6.45, 7) is 1.62. The molecule has 2 heterocycles. The first-order valence-corrected chi connectivity index (χ1v) is 5.75. The van der Waals surface area contributed by atoms with Gasteiger partial charge in [0.25, 0.3) is 0 Å². The summed E-state index contributed by atoms with van der Waals surface area (Å²) in [5, 5.41) is 18.1. The van der Waals surface area contributed by atoms with Crippen LogP contribution < -0.4 is 4.90 Å². The van der Waals surface area contributed by atoms with Crippen molar-refractivity contribution in [1.29, 1.82) is 0 Å². The van der Waals surface area contributed by atoms with Gasteiger partial charge in [-0.15, -0.1) is 0 Å². The van der Waals surface area contributed by atoms with Crippen molar-refractivity contribution >= 4 is 23.4 Å². The first-order chi connectivity index (χ1) is 8.11. The van der Waals surface area contributed by atoms with Crippen LogP contribution in [0.2, 0.25) is 5.02 Å². The standard InChI is InChI=1S/C11H13ClN2O3/c12-8-1-2-9(13-10(8)11(16)17)14-4-3-7(5-14)6-15/h1-2,7,15H,3-6H2,(H,16,17). The van der Waals surface area contributed by atoms with E-state index in [0.29, 0.717) is 12.4 Å². The molecule has 0 spiro atoms. The van der Waals surface area contributed by atoms with Gasteiger partial charge in [0.2, 0.25) is 0 Å². The van der Waals surface area contributed by atoms with Gasteiger partial charge >= 0.3 is 5.97 Å². The third-order valence-corrected chi connectivity index (χ3v) is 3.21. The topological polar surface area (TPSA) is 73.7 Å². The van der Waals surface area contributed by atoms with Gasteiger partial charge in [0.1, 0.15) is 5.82 Å². The summed E-state index contributed by atoms with van der Waals surface area (Å²) in [6.07, 6.45) is 0.892. The number of anilines is 1. The molecule has 17 heavy (non-hydrogen) atoms. The highest BCUT2D eigenvalue weighted by Crippen LogP contribution is 2.24. The molecule has 1 aliphatic heterocycles. The zero-order valence-corrected chi connectivity index (χ0v) is 9.89. The van der Waals surface area contributed by atoms with E-state index in [1.807, 2.05) is 4.90 Å². The maximum Gasteiger partial charge on any atom is 0.356 e. The minimum Gasteiger partial charge on any atom is -0.476 e. The molecule has 1 saturated heterocycles. The number of halogens is 1. The van der Waals surface area contributed by atoms with Crippen LogP contribution in [0.3, 0.4) is 0 Å². The normalized spacial score (nSPS) is 19.6. The highest BCUT2D eigenvalue weighted by Gasteiger charge is 2.24. The van der Waals surface area contributed by atoms with Gasteiger partial charge in [0.05, 0.1) is 5.02 Å². The molecule has 92 valence electrons. The van der Waals surface area contributed by atoms with Crippen LogP contribution in [0.1, 0.15) is 16.9 Å². The highest BCUT2D eigenvalue weighted by atomic mass is 35.5. The summed E-state index contributed by atoms with van der Waals surface area (Å²) in [6, 6.07) is 3.24. The number of hydrogen-bond acceptors (Lipinski definition) is 4. The van der Waals surface area contributed by atoms with Crippen LogP contribution in [0.25, 0.3) is 0 Å². The van der Waals surface area contributed by atoms with E-state index in [9.17, 15) is 4.79 Å². The number of aliphatic hydroxyl groups is 1. The second kappa shape index (κ2) is 4.89. The van der Waals surface area contributed by atoms with Crippen LogP contribution in [-0.2, 0) is 0 Å². The predicted molar refractivity (Wildman–Crippen MR) is 63.6 cm³/mol. The smallest absolute Gasteiger partial charge is 0.356 e. The van der Waals surface area contributed by atoms with Crippen LogP contribution in [0.5, 0.6) is 0 Å². The predicted octanol–water partition coefficient (Wildman–Crippen LogP) is 1.25. The number of aromatic nitrogens is 1. The summed E-state index contributed by atoms with van der Waals surface area (Å²) in [4.78, 5) is 16.9. The van der Waals surface area contributed by atoms with Gasteiger partial charge in [-0.25, -0.2) is 9.78 Å². The van der Waals surface area contributed by atoms with E-state index in [4.69, 9.17) is 21.8 Å². The van der Waals surface area contributed by atoms with Crippen molar-refractivity contribution in [3.63, 3.8) is 0 Å². The second-order valence-electron chi connectivity index (χ2n) is 4.09. The molecule has 2 rings (SSSR count). The van der Waals surface area contributed by atoms with E-state index < -0.39 is 5.97 Å². The van der Waals surface area contributed by atoms with E-state index in [2.05, 4.69) is 4.98 Å². The number of aliphatic hydroxyl groups excluding tert-OH is 1. The zero-order chi connectivity index (χ0) is 12.4. The summed E-state index contributed by atoms with van der Waals surface area (Å²) in [7, 11) is 0. The molecule has 0 amide bonds. The lowest BCUT2D eigenvalue weighted by molar-refractivity contribution is 0.0691. The van der Waals surface area contributed by atoms with Gasteiger partial charge in [-0.05, 0) is 18.6 Å². The molecule has 2 N–H and O–H groups in total. The van der Waals surface area contributed by atoms with Gasteiger partial charge in [-0.2, -0.15) is 0 Å². The Balaban J connectivity index is 2.22. The Morgan fingerprint density at radius 1 is 1.59 bits per heavy atom. The van der Waals surface area contributed by atoms with Gasteiger partial charge in [-0.3, -0.25) is 0 Å². The van der Waals surface area contributed by atoms with Crippen molar-refractivity contribution in [3.8, 4) is 0 Å². The first kappa shape index (κ1) is 12.1. The van der Waals surface area contributed by atoms with Crippen molar-refractivity contribution < 1.29 is 15.0 Å². The number of pyridine rings is 1. The van der Waals surface area contributed by atoms with Crippen LogP contribution >= 0.6 is 11.6 Å². The number of aromatic carboxylic acids is 1. The minimum atomic E-state index is -1.13. The number of nitrogens with zero attached hydrogens (tertiary/aromatic N) is 2. The second-order valence-corrected chi connectivity index (χ2v) is 4.50. The fourth-order valence-corrected chi connectivity index (χ4v) is 2.13. The fourth-order valence-electron chi connectivity index (χ4n) is 1.95. The Morgan fingerprint density at radius 2 is 2.35 bits per heavy atom. The van der Waals surface area contributed by atoms with Crippen molar-refractivity contribution in [1.82, 2.24) is 4.98 Å². The molecule has 1 aromatic rings. The molecule has 0 aromatic carbocycles. The summed E-state index contributed by atoms with van der Waals surface area (Å²) < 4.78 is 0. The molecular weight excluding hydrogens is 244 g/mol. The van der Waals surface area contributed by atoms with E-state index in [1.54, 1.807) is 12.1 Å². The van der Waals surface area contributed by atoms with Gasteiger partial charge in [-0.1, -0.05) is 11.6 Å². The molecule has 0 aliphatic carbocycles. The third-order valence-electron chi connectivity index (χ3n) is 2.90. The SMILES string of the molecule is O=C(O)c1nc(N2CCC(CO)C2)ccc1Cl. The highest BCUT2D eigenvalue weighted by molar-refractivity contribution is 6.33. The first-order valence-electron chi connectivity index (χ1n) is 5.37.